The van der Waals surface area contributed by atoms with Gasteiger partial charge >= 0.3 is 13.0 Å². The minimum Gasteiger partial charge on any atom is -0.478 e. The lowest BCUT2D eigenvalue weighted by Gasteiger charge is -2.20. The van der Waals surface area contributed by atoms with E-state index in [1.54, 1.807) is 0 Å². The number of nitrogens with zero attached hydrogens (tertiary/aromatic N) is 1. The zero-order valence-electron chi connectivity index (χ0n) is 39.4. The third kappa shape index (κ3) is 12.9. The number of carbonyl (C=O) groups is 6. The number of fused-ring (bicyclic) bond motifs is 2. The van der Waals surface area contributed by atoms with Gasteiger partial charge in [0.15, 0.2) is 26.9 Å². The summed E-state index contributed by atoms with van der Waals surface area (Å²) in [5.74, 6) is -6.24. The molecule has 1 aliphatic heterocycles. The van der Waals surface area contributed by atoms with E-state index >= 15 is 0 Å². The molecule has 6 rings (SSSR count). The van der Waals surface area contributed by atoms with Crippen LogP contribution in [0.3, 0.4) is 0 Å². The van der Waals surface area contributed by atoms with Gasteiger partial charge < -0.3 is 46.4 Å². The van der Waals surface area contributed by atoms with Crippen molar-refractivity contribution in [1.82, 2.24) is 26.2 Å². The lowest BCUT2D eigenvalue weighted by molar-refractivity contribution is -0.138. The molecule has 0 bridgehead atoms. The fourth-order valence-corrected chi connectivity index (χ4v) is 9.22. The van der Waals surface area contributed by atoms with Crippen LogP contribution in [0.5, 0.6) is 5.75 Å². The van der Waals surface area contributed by atoms with Gasteiger partial charge in [-0.2, -0.15) is 16.8 Å². The largest absolute Gasteiger partial charge is 0.478 e. The Bertz CT molecular complexity index is 3480. The maximum absolute atomic E-state index is 13.3. The van der Waals surface area contributed by atoms with Gasteiger partial charge in [0.1, 0.15) is 0 Å². The second kappa shape index (κ2) is 23.7. The molecule has 0 radical (unpaired) electrons. The SMILES string of the molecule is CCCNC(=O)CCCCNC(=O)c1ccc(B(O)N(O)C(=O)c2ccc(C(=O)NCCCNC(=O)c3ccc(-c4c5ccc(=N)c(S(=O)(=O)O)c-5oc5c(S(=O)(=O)O)c(N)ccc45)c(C(=O)O)c3)cc2OO)cc1. The topological polar surface area (TPSA) is 416 Å². The second-order valence-corrected chi connectivity index (χ2v) is 19.3. The van der Waals surface area contributed by atoms with Crippen molar-refractivity contribution in [3.8, 4) is 28.2 Å². The molecule has 13 N–H and O–H groups in total. The molecule has 394 valence electrons. The number of carboxylic acids is 1. The number of nitrogen functional groups attached to an aromatic ring is 1. The molecule has 0 saturated heterocycles. The zero-order valence-corrected chi connectivity index (χ0v) is 41.1. The van der Waals surface area contributed by atoms with Gasteiger partial charge in [-0.25, -0.2) is 15.0 Å². The summed E-state index contributed by atoms with van der Waals surface area (Å²) in [4.78, 5) is 78.7. The number of unbranched alkanes of at least 4 members (excludes halogenated alkanes) is 1. The minimum atomic E-state index is -5.26. The number of amides is 5. The molecular weight excluding hydrogens is 1030 g/mol. The van der Waals surface area contributed by atoms with Gasteiger partial charge in [-0.15, -0.1) is 0 Å². The first kappa shape index (κ1) is 56.1. The molecule has 0 atom stereocenters. The maximum Gasteiger partial charge on any atom is 0.478 e. The van der Waals surface area contributed by atoms with E-state index in [9.17, 15) is 75.3 Å². The molecule has 4 aromatic rings. The highest BCUT2D eigenvalue weighted by molar-refractivity contribution is 7.86. The lowest BCUT2D eigenvalue weighted by Crippen LogP contribution is -2.49. The first-order chi connectivity index (χ1) is 35.5. The van der Waals surface area contributed by atoms with E-state index in [4.69, 9.17) is 15.6 Å². The first-order valence-corrected chi connectivity index (χ1v) is 25.4. The van der Waals surface area contributed by atoms with Crippen molar-refractivity contribution < 1.29 is 84.6 Å². The predicted octanol–water partition coefficient (Wildman–Crippen LogP) is 2.50. The molecule has 1 heterocycles. The van der Waals surface area contributed by atoms with Gasteiger partial charge in [-0.1, -0.05) is 25.1 Å². The fraction of sp³-hybridized carbons (Fsp3) is 0.213. The highest BCUT2D eigenvalue weighted by atomic mass is 32.2. The first-order valence-electron chi connectivity index (χ1n) is 22.5. The number of hydrogen-bond acceptors (Lipinski definition) is 17. The number of nitrogens with one attached hydrogen (secondary N) is 5. The molecule has 75 heavy (non-hydrogen) atoms. The maximum atomic E-state index is 13.3. The molecule has 1 aliphatic carbocycles. The monoisotopic (exact) mass is 1070 g/mol. The van der Waals surface area contributed by atoms with E-state index < -0.39 is 106 Å². The van der Waals surface area contributed by atoms with Crippen LogP contribution in [0.25, 0.3) is 33.4 Å². The van der Waals surface area contributed by atoms with Crippen LogP contribution in [-0.4, -0.2) is 120 Å². The summed E-state index contributed by atoms with van der Waals surface area (Å²) in [7, 11) is -12.4. The molecule has 0 aromatic heterocycles. The molecule has 0 saturated carbocycles. The van der Waals surface area contributed by atoms with Crippen LogP contribution in [0.4, 0.5) is 5.69 Å². The van der Waals surface area contributed by atoms with Crippen LogP contribution in [0, 0.1) is 5.41 Å². The molecule has 4 aromatic carbocycles. The molecule has 0 unspecified atom stereocenters. The lowest BCUT2D eigenvalue weighted by atomic mass is 9.73. The van der Waals surface area contributed by atoms with Crippen LogP contribution in [0.1, 0.15) is 90.8 Å². The summed E-state index contributed by atoms with van der Waals surface area (Å²) in [6.45, 7) is 2.70. The van der Waals surface area contributed by atoms with Crippen LogP contribution in [0.2, 0.25) is 0 Å². The van der Waals surface area contributed by atoms with Crippen LogP contribution in [-0.2, 0) is 25.0 Å². The average Bonchev–Trinajstić information content (AvgIpc) is 3.37. The fourth-order valence-electron chi connectivity index (χ4n) is 7.74. The normalized spacial score (nSPS) is 11.4. The van der Waals surface area contributed by atoms with Crippen molar-refractivity contribution in [3.05, 3.63) is 118 Å². The number of carbonyl (C=O) groups excluding carboxylic acids is 5. The van der Waals surface area contributed by atoms with Crippen LogP contribution < -0.4 is 42.7 Å². The van der Waals surface area contributed by atoms with Crippen LogP contribution in [0.15, 0.2) is 99.1 Å². The minimum absolute atomic E-state index is 0.00325. The number of anilines is 1. The summed E-state index contributed by atoms with van der Waals surface area (Å²) < 4.78 is 75.8. The third-order valence-corrected chi connectivity index (χ3v) is 13.2. The van der Waals surface area contributed by atoms with E-state index in [1.807, 2.05) is 6.92 Å². The summed E-state index contributed by atoms with van der Waals surface area (Å²) in [6.07, 6.45) is 2.39. The average molecular weight is 1070 g/mol. The Kier molecular flexibility index (Phi) is 17.7. The molecule has 0 spiro atoms. The van der Waals surface area contributed by atoms with Gasteiger partial charge in [-0.3, -0.25) is 43.7 Å². The summed E-state index contributed by atoms with van der Waals surface area (Å²) >= 11 is 0. The predicted molar refractivity (Wildman–Crippen MR) is 266 cm³/mol. The van der Waals surface area contributed by atoms with Gasteiger partial charge in [0.25, 0.3) is 43.9 Å². The Morgan fingerprint density at radius 1 is 0.707 bits per heavy atom. The zero-order chi connectivity index (χ0) is 54.9. The van der Waals surface area contributed by atoms with E-state index in [-0.39, 0.29) is 74.6 Å². The quantitative estimate of drug-likeness (QED) is 0.00679. The Morgan fingerprint density at radius 2 is 1.28 bits per heavy atom. The van der Waals surface area contributed by atoms with E-state index in [2.05, 4.69) is 26.2 Å². The number of aromatic carboxylic acids is 1. The Hall–Kier alpha value is -8.25. The van der Waals surface area contributed by atoms with Gasteiger partial charge in [0.05, 0.1) is 22.2 Å². The number of benzene rings is 5. The van der Waals surface area contributed by atoms with E-state index in [1.165, 1.54) is 36.4 Å². The Balaban J connectivity index is 1.07. The van der Waals surface area contributed by atoms with Crippen molar-refractivity contribution in [2.24, 2.45) is 0 Å². The second-order valence-electron chi connectivity index (χ2n) is 16.5. The van der Waals surface area contributed by atoms with Crippen molar-refractivity contribution in [2.45, 2.75) is 48.8 Å². The summed E-state index contributed by atoms with van der Waals surface area (Å²) in [5, 5.41) is 59.1. The van der Waals surface area contributed by atoms with E-state index in [0.717, 1.165) is 55.0 Å². The summed E-state index contributed by atoms with van der Waals surface area (Å²) in [6, 6.07) is 16.2. The highest BCUT2D eigenvalue weighted by Gasteiger charge is 2.33. The van der Waals surface area contributed by atoms with Crippen molar-refractivity contribution in [1.29, 1.82) is 5.41 Å². The van der Waals surface area contributed by atoms with E-state index in [0.29, 0.717) is 32.4 Å². The standard InChI is InChI=1S/C47H48BN7O18S2/c1-2-19-51-37(56)6-3-4-20-52-43(57)25-7-11-28(12-8-25)48(63)55(64)46(60)30-14-10-27(24-36(30)73-65)45(59)54-22-5-21-53-44(58)26-9-13-29(33(23-26)47(61)62)38-31-15-17-34(49)41(74(66,67)68)39(31)72-40-32(38)16-18-35(50)42(40)75(69,70)71/h7-18,23-24,49,63-65H,2-6,19-22,50H2,1H3,(H,51,56)(H,52,57)(H,53,58)(H,54,59)(H,61,62)(H,66,67,68)(H,69,70,71). The number of carboxylic acid groups (broad SMARTS) is 1. The number of nitrogens with two attached hydrogens (primary N) is 1. The molecule has 25 nitrogen and oxygen atoms in total. The molecular formula is C47H48BN7O18S2. The van der Waals surface area contributed by atoms with Crippen molar-refractivity contribution >= 4 is 84.9 Å². The smallest absolute Gasteiger partial charge is 0.478 e. The molecule has 28 heteroatoms. The number of rotatable bonds is 22. The van der Waals surface area contributed by atoms with Gasteiger partial charge in [-0.05, 0) is 103 Å². The molecule has 5 amide bonds. The third-order valence-electron chi connectivity index (χ3n) is 11.4. The Morgan fingerprint density at radius 3 is 1.88 bits per heavy atom. The van der Waals surface area contributed by atoms with Gasteiger partial charge in [0.2, 0.25) is 5.91 Å². The highest BCUT2D eigenvalue weighted by Crippen LogP contribution is 2.45. The molecule has 2 aliphatic rings. The Labute approximate surface area is 426 Å². The van der Waals surface area contributed by atoms with Crippen molar-refractivity contribution in [3.63, 3.8) is 0 Å². The molecule has 0 fully saturated rings. The number of hydrogen-bond donors (Lipinski definition) is 12. The van der Waals surface area contributed by atoms with Gasteiger partial charge in [0, 0.05) is 65.8 Å². The summed E-state index contributed by atoms with van der Waals surface area (Å²) in [5.41, 5.74) is 2.76. The number of hydroxylamine groups is 1. The van der Waals surface area contributed by atoms with Crippen molar-refractivity contribution in [2.75, 3.05) is 31.9 Å². The van der Waals surface area contributed by atoms with Crippen LogP contribution >= 0.6 is 0 Å².